The molecule has 2 aromatic rings. The number of carbonyl (C=O) groups excluding carboxylic acids is 4. The van der Waals surface area contributed by atoms with Crippen LogP contribution >= 0.6 is 0 Å². The summed E-state index contributed by atoms with van der Waals surface area (Å²) < 4.78 is 6.76. The van der Waals surface area contributed by atoms with Crippen LogP contribution in [0.5, 0.6) is 5.88 Å². The molecule has 6 N–H and O–H groups in total. The second kappa shape index (κ2) is 9.70. The Balaban J connectivity index is 1.66. The maximum atomic E-state index is 13.5. The van der Waals surface area contributed by atoms with Crippen molar-refractivity contribution in [1.82, 2.24) is 20.2 Å². The van der Waals surface area contributed by atoms with Gasteiger partial charge in [-0.2, -0.15) is 0 Å². The largest absolute Gasteiger partial charge is 0.481 e. The van der Waals surface area contributed by atoms with Crippen LogP contribution in [-0.4, -0.2) is 52.9 Å². The number of nitrogens with two attached hydrogens (primary N) is 2. The summed E-state index contributed by atoms with van der Waals surface area (Å²) in [5.74, 6) is -1.73. The molecule has 1 saturated heterocycles. The lowest BCUT2D eigenvalue weighted by Gasteiger charge is -2.27. The number of fused-ring (bicyclic) bond motifs is 1. The molecule has 0 bridgehead atoms. The van der Waals surface area contributed by atoms with Crippen LogP contribution in [0.1, 0.15) is 55.1 Å². The van der Waals surface area contributed by atoms with Gasteiger partial charge in [-0.25, -0.2) is 4.98 Å². The lowest BCUT2D eigenvalue weighted by atomic mass is 9.91. The number of ether oxygens (including phenoxy) is 1. The minimum atomic E-state index is -1.01. The van der Waals surface area contributed by atoms with Crippen LogP contribution in [0.3, 0.4) is 0 Å². The molecule has 11 heteroatoms. The zero-order valence-corrected chi connectivity index (χ0v) is 19.1. The van der Waals surface area contributed by atoms with Crippen molar-refractivity contribution in [1.29, 1.82) is 0 Å². The molecule has 3 atom stereocenters. The number of hydrogen-bond acceptors (Lipinski definition) is 6. The molecule has 1 aliphatic heterocycles. The highest BCUT2D eigenvalue weighted by molar-refractivity contribution is 5.99. The van der Waals surface area contributed by atoms with Crippen LogP contribution in [0.15, 0.2) is 18.2 Å². The first-order valence-electron chi connectivity index (χ1n) is 11.5. The summed E-state index contributed by atoms with van der Waals surface area (Å²) in [6, 6.07) is 3.08. The van der Waals surface area contributed by atoms with Crippen molar-refractivity contribution in [3.05, 3.63) is 23.9 Å². The summed E-state index contributed by atoms with van der Waals surface area (Å²) in [4.78, 5) is 54.6. The Labute approximate surface area is 196 Å². The van der Waals surface area contributed by atoms with Crippen molar-refractivity contribution in [2.24, 2.45) is 23.3 Å². The van der Waals surface area contributed by atoms with Gasteiger partial charge in [-0.15, -0.1) is 0 Å². The standard InChI is InChI=1S/C23H30N6O5/c1-34-19-7-6-16-14(27-19)11-17(21(25)31)29(16)18(9-12-4-5-12)23(33)28-15(20(24)30)10-13-3-2-8-26-22(13)32/h6-7,11-13,15,18H,2-5,8-10H2,1H3,(H2,24,30)(H2,25,31)(H,26,32)(H,28,33)/t13-,15-,18-/m0/s1. The lowest BCUT2D eigenvalue weighted by molar-refractivity contribution is -0.132. The minimum absolute atomic E-state index is 0.122. The molecule has 1 saturated carbocycles. The number of aromatic nitrogens is 2. The normalized spacial score (nSPS) is 19.8. The number of pyridine rings is 1. The number of methoxy groups -OCH3 is 1. The third-order valence-corrected chi connectivity index (χ3v) is 6.58. The predicted octanol–water partition coefficient (Wildman–Crippen LogP) is 0.371. The van der Waals surface area contributed by atoms with Gasteiger partial charge < -0.3 is 31.4 Å². The maximum absolute atomic E-state index is 13.5. The zero-order valence-electron chi connectivity index (χ0n) is 19.1. The van der Waals surface area contributed by atoms with E-state index in [0.717, 1.165) is 19.3 Å². The molecule has 0 radical (unpaired) electrons. The van der Waals surface area contributed by atoms with Gasteiger partial charge in [0.15, 0.2) is 0 Å². The predicted molar refractivity (Wildman–Crippen MR) is 123 cm³/mol. The second-order valence-corrected chi connectivity index (χ2v) is 9.05. The van der Waals surface area contributed by atoms with Crippen LogP contribution in [0.2, 0.25) is 0 Å². The maximum Gasteiger partial charge on any atom is 0.265 e. The van der Waals surface area contributed by atoms with Gasteiger partial charge in [-0.05, 0) is 43.7 Å². The average molecular weight is 471 g/mol. The van der Waals surface area contributed by atoms with Crippen LogP contribution in [0, 0.1) is 11.8 Å². The fourth-order valence-electron chi connectivity index (χ4n) is 4.58. The highest BCUT2D eigenvalue weighted by Gasteiger charge is 2.36. The topological polar surface area (TPSA) is 171 Å². The molecule has 1 aliphatic carbocycles. The van der Waals surface area contributed by atoms with Crippen LogP contribution < -0.4 is 26.8 Å². The van der Waals surface area contributed by atoms with Crippen molar-refractivity contribution >= 4 is 34.7 Å². The number of rotatable bonds is 10. The molecular weight excluding hydrogens is 440 g/mol. The van der Waals surface area contributed by atoms with E-state index >= 15 is 0 Å². The number of carbonyl (C=O) groups is 4. The van der Waals surface area contributed by atoms with Crippen molar-refractivity contribution in [3.63, 3.8) is 0 Å². The first-order valence-corrected chi connectivity index (χ1v) is 11.5. The number of piperidine rings is 1. The number of nitrogens with zero attached hydrogens (tertiary/aromatic N) is 2. The van der Waals surface area contributed by atoms with Crippen molar-refractivity contribution < 1.29 is 23.9 Å². The smallest absolute Gasteiger partial charge is 0.265 e. The Morgan fingerprint density at radius 2 is 2.00 bits per heavy atom. The Kier molecular flexibility index (Phi) is 6.71. The molecule has 11 nitrogen and oxygen atoms in total. The molecule has 2 aliphatic rings. The van der Waals surface area contributed by atoms with Crippen molar-refractivity contribution in [2.45, 2.75) is 50.6 Å². The van der Waals surface area contributed by atoms with Crippen molar-refractivity contribution in [3.8, 4) is 5.88 Å². The molecule has 4 rings (SSSR count). The molecule has 0 unspecified atom stereocenters. The van der Waals surface area contributed by atoms with E-state index in [2.05, 4.69) is 15.6 Å². The minimum Gasteiger partial charge on any atom is -0.481 e. The van der Waals surface area contributed by atoms with Gasteiger partial charge in [0.2, 0.25) is 23.6 Å². The molecule has 0 aromatic carbocycles. The number of nitrogens with one attached hydrogen (secondary N) is 2. The SMILES string of the molecule is COc1ccc2c(cc(C(N)=O)n2[C@@H](CC2CC2)C(=O)N[C@@H](C[C@@H]2CCCNC2=O)C(N)=O)n1. The van der Waals surface area contributed by atoms with Gasteiger partial charge >= 0.3 is 0 Å². The van der Waals surface area contributed by atoms with E-state index in [1.54, 1.807) is 16.7 Å². The molecule has 2 aromatic heterocycles. The quantitative estimate of drug-likeness (QED) is 0.391. The second-order valence-electron chi connectivity index (χ2n) is 9.05. The van der Waals surface area contributed by atoms with Gasteiger partial charge in [-0.1, -0.05) is 12.8 Å². The molecular formula is C23H30N6O5. The third kappa shape index (κ3) is 4.97. The zero-order chi connectivity index (χ0) is 24.4. The Bertz CT molecular complexity index is 1120. The van der Waals surface area contributed by atoms with E-state index in [1.807, 2.05) is 0 Å². The molecule has 3 heterocycles. The first-order chi connectivity index (χ1) is 16.3. The average Bonchev–Trinajstić information content (AvgIpc) is 3.55. The number of amides is 4. The highest BCUT2D eigenvalue weighted by atomic mass is 16.5. The summed E-state index contributed by atoms with van der Waals surface area (Å²) in [5.41, 5.74) is 12.4. The van der Waals surface area contributed by atoms with Crippen LogP contribution in [-0.2, 0) is 14.4 Å². The molecule has 4 amide bonds. The van der Waals surface area contributed by atoms with E-state index in [0.29, 0.717) is 42.2 Å². The van der Waals surface area contributed by atoms with Crippen molar-refractivity contribution in [2.75, 3.05) is 13.7 Å². The third-order valence-electron chi connectivity index (χ3n) is 6.58. The first kappa shape index (κ1) is 23.5. The van der Waals surface area contributed by atoms with Gasteiger partial charge in [-0.3, -0.25) is 19.2 Å². The fraction of sp³-hybridized carbons (Fsp3) is 0.522. The Morgan fingerprint density at radius 3 is 2.62 bits per heavy atom. The number of primary amides is 2. The summed E-state index contributed by atoms with van der Waals surface area (Å²) in [6.07, 6.45) is 3.96. The van der Waals surface area contributed by atoms with Gasteiger partial charge in [0.1, 0.15) is 17.8 Å². The lowest BCUT2D eigenvalue weighted by Crippen LogP contribution is -2.50. The van der Waals surface area contributed by atoms with E-state index in [1.165, 1.54) is 13.2 Å². The molecule has 34 heavy (non-hydrogen) atoms. The highest BCUT2D eigenvalue weighted by Crippen LogP contribution is 2.39. The molecule has 2 fully saturated rings. The van der Waals surface area contributed by atoms with Gasteiger partial charge in [0, 0.05) is 18.5 Å². The van der Waals surface area contributed by atoms with Crippen LogP contribution in [0.4, 0.5) is 0 Å². The monoisotopic (exact) mass is 470 g/mol. The van der Waals surface area contributed by atoms with E-state index in [-0.39, 0.29) is 18.0 Å². The summed E-state index contributed by atoms with van der Waals surface area (Å²) >= 11 is 0. The summed E-state index contributed by atoms with van der Waals surface area (Å²) in [6.45, 7) is 0.599. The van der Waals surface area contributed by atoms with E-state index in [4.69, 9.17) is 16.2 Å². The Morgan fingerprint density at radius 1 is 1.24 bits per heavy atom. The number of hydrogen-bond donors (Lipinski definition) is 4. The summed E-state index contributed by atoms with van der Waals surface area (Å²) in [7, 11) is 1.49. The van der Waals surface area contributed by atoms with Crippen LogP contribution in [0.25, 0.3) is 11.0 Å². The van der Waals surface area contributed by atoms with E-state index < -0.39 is 35.7 Å². The Hall–Kier alpha value is -3.63. The van der Waals surface area contributed by atoms with Gasteiger partial charge in [0.05, 0.1) is 18.1 Å². The molecule has 0 spiro atoms. The fourth-order valence-corrected chi connectivity index (χ4v) is 4.58. The molecule has 182 valence electrons. The van der Waals surface area contributed by atoms with E-state index in [9.17, 15) is 19.2 Å². The summed E-state index contributed by atoms with van der Waals surface area (Å²) in [5, 5.41) is 5.53. The van der Waals surface area contributed by atoms with Gasteiger partial charge in [0.25, 0.3) is 5.91 Å².